The van der Waals surface area contributed by atoms with Crippen LogP contribution in [0.4, 0.5) is 0 Å². The third-order valence-electron chi connectivity index (χ3n) is 2.02. The quantitative estimate of drug-likeness (QED) is 0.465. The zero-order chi connectivity index (χ0) is 15.9. The summed E-state index contributed by atoms with van der Waals surface area (Å²) in [5.41, 5.74) is 0. The van der Waals surface area contributed by atoms with Gasteiger partial charge in [0.15, 0.2) is 11.8 Å². The van der Waals surface area contributed by atoms with Crippen molar-refractivity contribution in [3.8, 4) is 16.7 Å². The van der Waals surface area contributed by atoms with Crippen LogP contribution in [0.1, 0.15) is 0 Å². The van der Waals surface area contributed by atoms with Gasteiger partial charge in [0, 0.05) is 0 Å². The highest BCUT2D eigenvalue weighted by molar-refractivity contribution is 9.12. The Morgan fingerprint density at radius 2 is 1.27 bits per heavy atom. The lowest BCUT2D eigenvalue weighted by Crippen LogP contribution is -1.85. The lowest BCUT2D eigenvalue weighted by molar-refractivity contribution is 0.412. The van der Waals surface area contributed by atoms with E-state index in [4.69, 9.17) is 9.47 Å². The summed E-state index contributed by atoms with van der Waals surface area (Å²) in [5.74, 6) is 1.50. The van der Waals surface area contributed by atoms with Crippen LogP contribution in [0.3, 0.4) is 0 Å². The molecular weight excluding hydrogens is 524 g/mol. The molecule has 1 aromatic carbocycles. The van der Waals surface area contributed by atoms with Gasteiger partial charge in [-0.05, 0) is 83.4 Å². The summed E-state index contributed by atoms with van der Waals surface area (Å²) in [6, 6.07) is 7.28. The molecule has 0 spiro atoms. The van der Waals surface area contributed by atoms with E-state index in [9.17, 15) is 0 Å². The van der Waals surface area contributed by atoms with Gasteiger partial charge < -0.3 is 9.47 Å². The third kappa shape index (κ3) is 5.88. The van der Waals surface area contributed by atoms with Gasteiger partial charge >= 0.3 is 0 Å². The van der Waals surface area contributed by atoms with Gasteiger partial charge in [-0.15, -0.1) is 15.3 Å². The molecule has 2 heterocycles. The van der Waals surface area contributed by atoms with Crippen molar-refractivity contribution in [2.45, 2.75) is 0 Å². The molecular formula is C11H7Br3N4O2S2. The fraction of sp³-hybridized carbons (Fsp3) is 0.0909. The molecule has 0 aliphatic heterocycles. The maximum atomic E-state index is 5.46. The van der Waals surface area contributed by atoms with Crippen LogP contribution in [0.5, 0.6) is 16.7 Å². The zero-order valence-electron chi connectivity index (χ0n) is 10.9. The Morgan fingerprint density at radius 1 is 0.773 bits per heavy atom. The first-order chi connectivity index (χ1) is 10.6. The standard InChI is InChI=1S/C9H7BrN2O2S.C2Br2N2S/c1-13-6-2-4-7(5-3-6)14-9-12-11-8(10)15-9;3-1-5-6-2(4)7-1/h2-5H,1H3;. The predicted octanol–water partition coefficient (Wildman–Crippen LogP) is 5.16. The van der Waals surface area contributed by atoms with E-state index in [-0.39, 0.29) is 0 Å². The van der Waals surface area contributed by atoms with Crippen molar-refractivity contribution in [2.75, 3.05) is 7.11 Å². The van der Waals surface area contributed by atoms with Gasteiger partial charge in [0.25, 0.3) is 5.19 Å². The van der Waals surface area contributed by atoms with E-state index < -0.39 is 0 Å². The van der Waals surface area contributed by atoms with Gasteiger partial charge in [-0.25, -0.2) is 0 Å². The third-order valence-corrected chi connectivity index (χ3v) is 5.04. The van der Waals surface area contributed by atoms with Gasteiger partial charge in [-0.2, -0.15) is 0 Å². The van der Waals surface area contributed by atoms with Crippen LogP contribution in [0.15, 0.2) is 36.0 Å². The summed E-state index contributed by atoms with van der Waals surface area (Å²) in [4.78, 5) is 0. The first-order valence-electron chi connectivity index (χ1n) is 5.52. The SMILES string of the molecule is Brc1nnc(Br)s1.COc1ccc(Oc2nnc(Br)s2)cc1. The van der Waals surface area contributed by atoms with Gasteiger partial charge in [0.1, 0.15) is 11.5 Å². The molecule has 0 aliphatic rings. The van der Waals surface area contributed by atoms with Crippen LogP contribution >= 0.6 is 70.5 Å². The topological polar surface area (TPSA) is 70.0 Å². The van der Waals surface area contributed by atoms with Crippen LogP contribution in [0, 0.1) is 0 Å². The van der Waals surface area contributed by atoms with E-state index in [1.54, 1.807) is 7.11 Å². The predicted molar refractivity (Wildman–Crippen MR) is 96.0 cm³/mol. The molecule has 3 rings (SSSR count). The fourth-order valence-corrected chi connectivity index (χ4v) is 4.14. The highest BCUT2D eigenvalue weighted by Crippen LogP contribution is 2.28. The smallest absolute Gasteiger partial charge is 0.300 e. The Labute approximate surface area is 159 Å². The maximum absolute atomic E-state index is 5.46. The van der Waals surface area contributed by atoms with Crippen molar-refractivity contribution in [2.24, 2.45) is 0 Å². The van der Waals surface area contributed by atoms with Gasteiger partial charge in [-0.1, -0.05) is 16.4 Å². The number of benzene rings is 1. The van der Waals surface area contributed by atoms with E-state index in [0.29, 0.717) is 14.9 Å². The summed E-state index contributed by atoms with van der Waals surface area (Å²) in [7, 11) is 1.62. The summed E-state index contributed by atoms with van der Waals surface area (Å²) >= 11 is 12.3. The van der Waals surface area contributed by atoms with Gasteiger partial charge in [0.05, 0.1) is 7.11 Å². The van der Waals surface area contributed by atoms with Crippen LogP contribution in [0.25, 0.3) is 0 Å². The molecule has 0 aliphatic carbocycles. The highest BCUT2D eigenvalue weighted by atomic mass is 79.9. The monoisotopic (exact) mass is 528 g/mol. The van der Waals surface area contributed by atoms with E-state index in [2.05, 4.69) is 68.2 Å². The van der Waals surface area contributed by atoms with Crippen molar-refractivity contribution < 1.29 is 9.47 Å². The van der Waals surface area contributed by atoms with Crippen LogP contribution in [0.2, 0.25) is 0 Å². The number of ether oxygens (including phenoxy) is 2. The lowest BCUT2D eigenvalue weighted by atomic mass is 10.3. The van der Waals surface area contributed by atoms with Crippen molar-refractivity contribution in [1.29, 1.82) is 0 Å². The Hall–Kier alpha value is -0.620. The molecule has 0 bridgehead atoms. The first-order valence-corrected chi connectivity index (χ1v) is 9.53. The minimum absolute atomic E-state index is 0.507. The Balaban J connectivity index is 0.000000211. The molecule has 0 unspecified atom stereocenters. The average Bonchev–Trinajstić information content (AvgIpc) is 3.08. The highest BCUT2D eigenvalue weighted by Gasteiger charge is 2.03. The first kappa shape index (κ1) is 17.7. The van der Waals surface area contributed by atoms with Crippen molar-refractivity contribution in [3.05, 3.63) is 36.0 Å². The Bertz CT molecular complexity index is 704. The summed E-state index contributed by atoms with van der Waals surface area (Å²) in [5, 5.41) is 15.4. The zero-order valence-corrected chi connectivity index (χ0v) is 17.3. The lowest BCUT2D eigenvalue weighted by Gasteiger charge is -2.02. The maximum Gasteiger partial charge on any atom is 0.300 e. The molecule has 0 atom stereocenters. The minimum atomic E-state index is 0.507. The van der Waals surface area contributed by atoms with E-state index in [1.165, 1.54) is 22.7 Å². The molecule has 2 aromatic heterocycles. The van der Waals surface area contributed by atoms with Crippen LogP contribution in [-0.4, -0.2) is 27.5 Å². The molecule has 0 amide bonds. The average molecular weight is 531 g/mol. The summed E-state index contributed by atoms with van der Waals surface area (Å²) in [6.07, 6.45) is 0. The summed E-state index contributed by atoms with van der Waals surface area (Å²) in [6.45, 7) is 0. The Morgan fingerprint density at radius 3 is 1.68 bits per heavy atom. The van der Waals surface area contributed by atoms with E-state index >= 15 is 0 Å². The van der Waals surface area contributed by atoms with Crippen LogP contribution < -0.4 is 9.47 Å². The molecule has 0 fully saturated rings. The number of hydrogen-bond donors (Lipinski definition) is 0. The molecule has 3 aromatic rings. The fourth-order valence-electron chi connectivity index (χ4n) is 1.17. The molecule has 0 N–H and O–H groups in total. The number of hydrogen-bond acceptors (Lipinski definition) is 8. The second kappa shape index (κ2) is 8.87. The van der Waals surface area contributed by atoms with Crippen molar-refractivity contribution >= 4 is 70.5 Å². The van der Waals surface area contributed by atoms with Crippen molar-refractivity contribution in [1.82, 2.24) is 20.4 Å². The second-order valence-corrected chi connectivity index (χ2v) is 9.15. The van der Waals surface area contributed by atoms with Crippen LogP contribution in [-0.2, 0) is 0 Å². The molecule has 11 heteroatoms. The largest absolute Gasteiger partial charge is 0.497 e. The number of methoxy groups -OCH3 is 1. The molecule has 0 radical (unpaired) electrons. The molecule has 0 saturated carbocycles. The summed E-state index contributed by atoms with van der Waals surface area (Å²) < 4.78 is 12.8. The molecule has 6 nitrogen and oxygen atoms in total. The van der Waals surface area contributed by atoms with Crippen molar-refractivity contribution in [3.63, 3.8) is 0 Å². The molecule has 22 heavy (non-hydrogen) atoms. The number of rotatable bonds is 3. The van der Waals surface area contributed by atoms with Gasteiger partial charge in [0.2, 0.25) is 0 Å². The normalized spacial score (nSPS) is 9.82. The van der Waals surface area contributed by atoms with E-state index in [1.807, 2.05) is 24.3 Å². The number of aromatic nitrogens is 4. The molecule has 116 valence electrons. The van der Waals surface area contributed by atoms with E-state index in [0.717, 1.165) is 13.6 Å². The minimum Gasteiger partial charge on any atom is -0.497 e. The number of nitrogens with zero attached hydrogens (tertiary/aromatic N) is 4. The Kier molecular flexibility index (Phi) is 7.15. The molecule has 0 saturated heterocycles. The number of halogens is 3. The van der Waals surface area contributed by atoms with Gasteiger partial charge in [-0.3, -0.25) is 0 Å². The second-order valence-electron chi connectivity index (χ2n) is 3.41.